The number of benzene rings is 3. The van der Waals surface area contributed by atoms with Crippen molar-refractivity contribution < 1.29 is 23.8 Å². The SMILES string of the molecule is CCOc1cc2c(cc1OCC)[C@@H]1[C@H](C(=O)Nc3cc(Cl)ccc3OC)c3ccccc3C(=O)N1CC2. The van der Waals surface area contributed by atoms with Crippen molar-refractivity contribution in [2.45, 2.75) is 32.2 Å². The Labute approximate surface area is 221 Å². The highest BCUT2D eigenvalue weighted by Gasteiger charge is 2.46. The van der Waals surface area contributed by atoms with Gasteiger partial charge in [-0.2, -0.15) is 0 Å². The molecule has 0 bridgehead atoms. The van der Waals surface area contributed by atoms with Crippen molar-refractivity contribution in [1.82, 2.24) is 4.90 Å². The van der Waals surface area contributed by atoms with Crippen molar-refractivity contribution in [2.75, 3.05) is 32.2 Å². The third kappa shape index (κ3) is 4.48. The van der Waals surface area contributed by atoms with Gasteiger partial charge in [-0.25, -0.2) is 0 Å². The second-order valence-corrected chi connectivity index (χ2v) is 9.39. The largest absolute Gasteiger partial charge is 0.495 e. The molecule has 7 nitrogen and oxygen atoms in total. The number of nitrogens with zero attached hydrogens (tertiary/aromatic N) is 1. The van der Waals surface area contributed by atoms with E-state index in [4.69, 9.17) is 25.8 Å². The second kappa shape index (κ2) is 10.3. The maximum absolute atomic E-state index is 14.1. The molecular weight excluding hydrogens is 492 g/mol. The molecule has 2 amide bonds. The third-order valence-electron chi connectivity index (χ3n) is 6.89. The van der Waals surface area contributed by atoms with Crippen LogP contribution in [0.2, 0.25) is 5.02 Å². The Kier molecular flexibility index (Phi) is 6.98. The van der Waals surface area contributed by atoms with E-state index in [1.807, 2.05) is 44.2 Å². The Morgan fingerprint density at radius 1 is 1.00 bits per heavy atom. The summed E-state index contributed by atoms with van der Waals surface area (Å²) >= 11 is 6.22. The van der Waals surface area contributed by atoms with E-state index in [1.165, 1.54) is 7.11 Å². The Morgan fingerprint density at radius 2 is 1.73 bits per heavy atom. The molecule has 0 spiro atoms. The van der Waals surface area contributed by atoms with Crippen LogP contribution in [-0.2, 0) is 11.2 Å². The molecule has 0 radical (unpaired) electrons. The lowest BCUT2D eigenvalue weighted by molar-refractivity contribution is -0.119. The number of carbonyl (C=O) groups is 2. The summed E-state index contributed by atoms with van der Waals surface area (Å²) in [5.74, 6) is 0.774. The summed E-state index contributed by atoms with van der Waals surface area (Å²) < 4.78 is 17.2. The highest BCUT2D eigenvalue weighted by atomic mass is 35.5. The number of amides is 2. The highest BCUT2D eigenvalue weighted by Crippen LogP contribution is 2.49. The molecule has 0 aromatic heterocycles. The molecular formula is C29H29ClN2O5. The van der Waals surface area contributed by atoms with Crippen LogP contribution in [0, 0.1) is 0 Å². The first-order valence-corrected chi connectivity index (χ1v) is 12.8. The van der Waals surface area contributed by atoms with Crippen LogP contribution in [-0.4, -0.2) is 43.6 Å². The average molecular weight is 521 g/mol. The topological polar surface area (TPSA) is 77.1 Å². The zero-order valence-corrected chi connectivity index (χ0v) is 21.8. The number of nitrogens with one attached hydrogen (secondary N) is 1. The minimum atomic E-state index is -0.663. The fraction of sp³-hybridized carbons (Fsp3) is 0.310. The molecule has 8 heteroatoms. The van der Waals surface area contributed by atoms with Gasteiger partial charge < -0.3 is 24.4 Å². The number of hydrogen-bond donors (Lipinski definition) is 1. The molecule has 5 rings (SSSR count). The quantitative estimate of drug-likeness (QED) is 0.437. The van der Waals surface area contributed by atoms with Gasteiger partial charge in [0.1, 0.15) is 5.75 Å². The molecule has 0 unspecified atom stereocenters. The molecule has 2 aliphatic heterocycles. The molecule has 192 valence electrons. The number of fused-ring (bicyclic) bond motifs is 4. The molecule has 0 saturated carbocycles. The van der Waals surface area contributed by atoms with Crippen molar-refractivity contribution in [3.8, 4) is 17.2 Å². The van der Waals surface area contributed by atoms with Gasteiger partial charge in [-0.15, -0.1) is 0 Å². The van der Waals surface area contributed by atoms with Crippen molar-refractivity contribution in [3.63, 3.8) is 0 Å². The van der Waals surface area contributed by atoms with E-state index < -0.39 is 12.0 Å². The fourth-order valence-electron chi connectivity index (χ4n) is 5.34. The minimum absolute atomic E-state index is 0.0810. The van der Waals surface area contributed by atoms with Gasteiger partial charge >= 0.3 is 0 Å². The summed E-state index contributed by atoms with van der Waals surface area (Å²) in [6.45, 7) is 5.31. The number of hydrogen-bond acceptors (Lipinski definition) is 5. The van der Waals surface area contributed by atoms with E-state index in [2.05, 4.69) is 5.32 Å². The van der Waals surface area contributed by atoms with Crippen LogP contribution in [0.15, 0.2) is 54.6 Å². The number of carbonyl (C=O) groups excluding carboxylic acids is 2. The highest BCUT2D eigenvalue weighted by molar-refractivity contribution is 6.31. The summed E-state index contributed by atoms with van der Waals surface area (Å²) in [5.41, 5.74) is 3.62. The molecule has 0 aliphatic carbocycles. The first-order chi connectivity index (χ1) is 18.0. The molecule has 3 aromatic carbocycles. The molecule has 2 atom stereocenters. The van der Waals surface area contributed by atoms with Gasteiger partial charge in [-0.3, -0.25) is 9.59 Å². The van der Waals surface area contributed by atoms with E-state index in [1.54, 1.807) is 29.2 Å². The molecule has 2 aliphatic rings. The van der Waals surface area contributed by atoms with Gasteiger partial charge in [-0.1, -0.05) is 29.8 Å². The van der Waals surface area contributed by atoms with Crippen LogP contribution in [0.4, 0.5) is 5.69 Å². The number of anilines is 1. The van der Waals surface area contributed by atoms with Gasteiger partial charge in [0.2, 0.25) is 5.91 Å². The van der Waals surface area contributed by atoms with E-state index in [-0.39, 0.29) is 11.8 Å². The summed E-state index contributed by atoms with van der Waals surface area (Å²) in [4.78, 5) is 29.5. The van der Waals surface area contributed by atoms with Crippen LogP contribution < -0.4 is 19.5 Å². The lowest BCUT2D eigenvalue weighted by Gasteiger charge is -2.45. The standard InChI is InChI=1S/C29H29ClN2O5/c1-4-36-24-14-17-12-13-32-27(21(17)16-25(24)37-5-2)26(19-8-6-7-9-20(19)29(32)34)28(33)31-22-15-18(30)10-11-23(22)35-3/h6-11,14-16,26-27H,4-5,12-13H2,1-3H3,(H,31,33)/t26-,27-/m1/s1. The second-order valence-electron chi connectivity index (χ2n) is 8.96. The van der Waals surface area contributed by atoms with Crippen LogP contribution in [0.3, 0.4) is 0 Å². The van der Waals surface area contributed by atoms with Gasteiger partial charge in [-0.05, 0) is 73.4 Å². The van der Waals surface area contributed by atoms with Gasteiger partial charge in [0, 0.05) is 17.1 Å². The molecule has 2 heterocycles. The van der Waals surface area contributed by atoms with E-state index >= 15 is 0 Å². The first kappa shape index (κ1) is 25.0. The zero-order valence-electron chi connectivity index (χ0n) is 21.0. The number of ether oxygens (including phenoxy) is 3. The molecule has 37 heavy (non-hydrogen) atoms. The van der Waals surface area contributed by atoms with Crippen molar-refractivity contribution in [2.24, 2.45) is 0 Å². The Balaban J connectivity index is 1.65. The Morgan fingerprint density at radius 3 is 2.46 bits per heavy atom. The van der Waals surface area contributed by atoms with Crippen LogP contribution in [0.5, 0.6) is 17.2 Å². The minimum Gasteiger partial charge on any atom is -0.495 e. The van der Waals surface area contributed by atoms with E-state index in [0.29, 0.717) is 65.3 Å². The number of halogens is 1. The number of methoxy groups -OCH3 is 1. The van der Waals surface area contributed by atoms with Crippen LogP contribution >= 0.6 is 11.6 Å². The van der Waals surface area contributed by atoms with Crippen molar-refractivity contribution in [3.05, 3.63) is 81.9 Å². The Hall–Kier alpha value is -3.71. The maximum atomic E-state index is 14.1. The Bertz CT molecular complexity index is 1360. The van der Waals surface area contributed by atoms with Crippen LogP contribution in [0.25, 0.3) is 0 Å². The average Bonchev–Trinajstić information content (AvgIpc) is 2.89. The zero-order chi connectivity index (χ0) is 26.1. The lowest BCUT2D eigenvalue weighted by atomic mass is 9.75. The fourth-order valence-corrected chi connectivity index (χ4v) is 5.51. The normalized spacial score (nSPS) is 17.8. The van der Waals surface area contributed by atoms with E-state index in [0.717, 1.165) is 11.1 Å². The molecule has 0 saturated heterocycles. The molecule has 3 aromatic rings. The predicted octanol–water partition coefficient (Wildman–Crippen LogP) is 5.62. The maximum Gasteiger partial charge on any atom is 0.254 e. The number of rotatable bonds is 7. The first-order valence-electron chi connectivity index (χ1n) is 12.4. The summed E-state index contributed by atoms with van der Waals surface area (Å²) in [6.07, 6.45) is 0.655. The van der Waals surface area contributed by atoms with E-state index in [9.17, 15) is 9.59 Å². The monoisotopic (exact) mass is 520 g/mol. The van der Waals surface area contributed by atoms with Crippen molar-refractivity contribution >= 4 is 29.1 Å². The predicted molar refractivity (Wildman–Crippen MR) is 142 cm³/mol. The molecule has 0 fully saturated rings. The van der Waals surface area contributed by atoms with Crippen molar-refractivity contribution in [1.29, 1.82) is 0 Å². The molecule has 1 N–H and O–H groups in total. The van der Waals surface area contributed by atoms with Gasteiger partial charge in [0.05, 0.1) is 38.0 Å². The van der Waals surface area contributed by atoms with Gasteiger partial charge in [0.25, 0.3) is 5.91 Å². The smallest absolute Gasteiger partial charge is 0.254 e. The summed E-state index contributed by atoms with van der Waals surface area (Å²) in [7, 11) is 1.54. The van der Waals surface area contributed by atoms with Crippen LogP contribution in [0.1, 0.15) is 52.9 Å². The summed E-state index contributed by atoms with van der Waals surface area (Å²) in [5, 5.41) is 3.50. The lowest BCUT2D eigenvalue weighted by Crippen LogP contribution is -2.49. The van der Waals surface area contributed by atoms with Gasteiger partial charge in [0.15, 0.2) is 11.5 Å². The third-order valence-corrected chi connectivity index (χ3v) is 7.12. The summed E-state index contributed by atoms with van der Waals surface area (Å²) in [6, 6.07) is 15.8.